The molecule has 0 bridgehead atoms. The summed E-state index contributed by atoms with van der Waals surface area (Å²) in [5.41, 5.74) is 6.91. The molecule has 0 saturated heterocycles. The molecule has 57 heavy (non-hydrogen) atoms. The molecular formula is C46H59BrN4O6. The van der Waals surface area contributed by atoms with Crippen LogP contribution < -0.4 is 25.8 Å². The highest BCUT2D eigenvalue weighted by Gasteiger charge is 2.31. The molecule has 5 rings (SSSR count). The number of methoxy groups -OCH3 is 1. The van der Waals surface area contributed by atoms with E-state index in [4.69, 9.17) is 19.9 Å². The number of aromatic nitrogens is 1. The number of pyridine rings is 1. The Kier molecular flexibility index (Phi) is 15.4. The molecule has 4 N–H and O–H groups in total. The van der Waals surface area contributed by atoms with Crippen molar-refractivity contribution in [1.29, 1.82) is 0 Å². The van der Waals surface area contributed by atoms with Gasteiger partial charge >= 0.3 is 12.2 Å². The second-order valence-corrected chi connectivity index (χ2v) is 17.8. The number of carbonyl (C=O) groups is 2. The van der Waals surface area contributed by atoms with Crippen molar-refractivity contribution in [3.05, 3.63) is 95.6 Å². The van der Waals surface area contributed by atoms with E-state index in [2.05, 4.69) is 76.1 Å². The first-order chi connectivity index (χ1) is 26.8. The Bertz CT molecular complexity index is 2130. The summed E-state index contributed by atoms with van der Waals surface area (Å²) in [6, 6.07) is 27.8. The summed E-state index contributed by atoms with van der Waals surface area (Å²) in [5, 5.41) is 9.81. The highest BCUT2D eigenvalue weighted by molar-refractivity contribution is 9.10. The molecule has 0 aliphatic heterocycles. The third kappa shape index (κ3) is 13.6. The highest BCUT2D eigenvalue weighted by atomic mass is 79.9. The van der Waals surface area contributed by atoms with Crippen LogP contribution in [0.3, 0.4) is 0 Å². The van der Waals surface area contributed by atoms with E-state index in [0.717, 1.165) is 61.5 Å². The lowest BCUT2D eigenvalue weighted by molar-refractivity contribution is 0.0408. The molecule has 0 aliphatic rings. The second-order valence-electron chi connectivity index (χ2n) is 16.9. The molecule has 0 aliphatic carbocycles. The van der Waals surface area contributed by atoms with Crippen LogP contribution in [0, 0.1) is 11.8 Å². The van der Waals surface area contributed by atoms with Crippen molar-refractivity contribution in [2.45, 2.75) is 91.8 Å². The molecule has 0 saturated carbocycles. The van der Waals surface area contributed by atoms with Gasteiger partial charge in [0.25, 0.3) is 0 Å². The van der Waals surface area contributed by atoms with Crippen LogP contribution in [0.2, 0.25) is 0 Å². The summed E-state index contributed by atoms with van der Waals surface area (Å²) in [6.07, 6.45) is 2.34. The van der Waals surface area contributed by atoms with Crippen molar-refractivity contribution in [2.24, 2.45) is 17.6 Å². The van der Waals surface area contributed by atoms with Gasteiger partial charge in [-0.3, -0.25) is 5.32 Å². The number of nitrogens with one attached hydrogen (secondary N) is 2. The van der Waals surface area contributed by atoms with Crippen LogP contribution in [0.5, 0.6) is 11.5 Å². The monoisotopic (exact) mass is 842 g/mol. The number of carbonyl (C=O) groups excluding carboxylic acids is 2. The average Bonchev–Trinajstić information content (AvgIpc) is 3.12. The fraction of sp³-hybridized carbons (Fsp3) is 0.413. The Morgan fingerprint density at radius 1 is 0.737 bits per heavy atom. The van der Waals surface area contributed by atoms with Crippen LogP contribution >= 0.6 is 15.9 Å². The van der Waals surface area contributed by atoms with Gasteiger partial charge in [-0.15, -0.1) is 0 Å². The van der Waals surface area contributed by atoms with E-state index in [1.165, 1.54) is 7.11 Å². The third-order valence-corrected chi connectivity index (χ3v) is 9.53. The van der Waals surface area contributed by atoms with E-state index >= 15 is 0 Å². The van der Waals surface area contributed by atoms with Crippen molar-refractivity contribution in [1.82, 2.24) is 10.3 Å². The summed E-state index contributed by atoms with van der Waals surface area (Å²) >= 11 is 3.59. The Labute approximate surface area is 346 Å². The van der Waals surface area contributed by atoms with Crippen LogP contribution in [0.15, 0.2) is 95.6 Å². The lowest BCUT2D eigenvalue weighted by Gasteiger charge is -2.33. The Morgan fingerprint density at radius 3 is 1.89 bits per heavy atom. The number of benzene rings is 4. The zero-order valence-electron chi connectivity index (χ0n) is 35.0. The maximum Gasteiger partial charge on any atom is 0.412 e. The summed E-state index contributed by atoms with van der Waals surface area (Å²) in [6.45, 7) is 19.0. The zero-order chi connectivity index (χ0) is 42.0. The molecule has 1 heterocycles. The zero-order valence-corrected chi connectivity index (χ0v) is 36.6. The molecule has 0 unspecified atom stereocenters. The molecule has 2 amide bonds. The van der Waals surface area contributed by atoms with Gasteiger partial charge in [-0.2, -0.15) is 0 Å². The van der Waals surface area contributed by atoms with Crippen LogP contribution in [-0.2, 0) is 9.47 Å². The predicted molar refractivity (Wildman–Crippen MR) is 235 cm³/mol. The van der Waals surface area contributed by atoms with E-state index in [0.29, 0.717) is 30.9 Å². The van der Waals surface area contributed by atoms with Crippen LogP contribution in [0.25, 0.3) is 32.7 Å². The number of nitrogens with two attached hydrogens (primary N) is 1. The summed E-state index contributed by atoms with van der Waals surface area (Å²) in [7, 11) is 1.32. The van der Waals surface area contributed by atoms with Gasteiger partial charge in [0.2, 0.25) is 0 Å². The molecule has 4 aromatic carbocycles. The Hall–Kier alpha value is -4.87. The van der Waals surface area contributed by atoms with Gasteiger partial charge in [0.1, 0.15) is 36.1 Å². The van der Waals surface area contributed by atoms with Crippen molar-refractivity contribution in [3.63, 3.8) is 0 Å². The molecule has 10 nitrogen and oxygen atoms in total. The molecule has 2 atom stereocenters. The Balaban J connectivity index is 0.000000254. The van der Waals surface area contributed by atoms with Crippen LogP contribution in [0.1, 0.15) is 75.2 Å². The van der Waals surface area contributed by atoms with Crippen molar-refractivity contribution < 1.29 is 28.5 Å². The fourth-order valence-corrected chi connectivity index (χ4v) is 7.38. The first-order valence-corrected chi connectivity index (χ1v) is 20.1. The van der Waals surface area contributed by atoms with E-state index < -0.39 is 28.9 Å². The quantitative estimate of drug-likeness (QED) is 0.107. The largest absolute Gasteiger partial charge is 0.491 e. The number of fused-ring (bicyclic) bond motifs is 2. The number of anilines is 1. The highest BCUT2D eigenvalue weighted by Crippen LogP contribution is 2.36. The third-order valence-electron chi connectivity index (χ3n) is 8.84. The summed E-state index contributed by atoms with van der Waals surface area (Å²) < 4.78 is 23.5. The maximum absolute atomic E-state index is 12.3. The molecule has 5 aromatic rings. The van der Waals surface area contributed by atoms with Crippen LogP contribution in [0.4, 0.5) is 15.4 Å². The minimum atomic E-state index is -0.556. The van der Waals surface area contributed by atoms with Crippen LogP contribution in [-0.4, -0.2) is 54.2 Å². The number of nitrogens with zero attached hydrogens (tertiary/aromatic N) is 1. The molecular weight excluding hydrogens is 784 g/mol. The molecule has 11 heteroatoms. The predicted octanol–water partition coefficient (Wildman–Crippen LogP) is 11.5. The van der Waals surface area contributed by atoms with E-state index in [1.54, 1.807) is 6.20 Å². The minimum Gasteiger partial charge on any atom is -0.491 e. The maximum atomic E-state index is 12.3. The van der Waals surface area contributed by atoms with Crippen molar-refractivity contribution in [2.75, 3.05) is 25.6 Å². The van der Waals surface area contributed by atoms with Gasteiger partial charge in [0.05, 0.1) is 12.6 Å². The molecule has 1 aromatic heterocycles. The number of hydrogen-bond acceptors (Lipinski definition) is 8. The van der Waals surface area contributed by atoms with Gasteiger partial charge in [-0.05, 0) is 112 Å². The molecule has 0 spiro atoms. The summed E-state index contributed by atoms with van der Waals surface area (Å²) in [5.74, 6) is 2.93. The van der Waals surface area contributed by atoms with Gasteiger partial charge < -0.3 is 30.0 Å². The number of alkyl carbamates (subject to hydrolysis) is 1. The van der Waals surface area contributed by atoms with E-state index in [1.807, 2.05) is 107 Å². The Morgan fingerprint density at radius 2 is 1.30 bits per heavy atom. The average molecular weight is 844 g/mol. The lowest BCUT2D eigenvalue weighted by atomic mass is 9.91. The first kappa shape index (κ1) is 44.8. The van der Waals surface area contributed by atoms with Gasteiger partial charge in [0.15, 0.2) is 0 Å². The summed E-state index contributed by atoms with van der Waals surface area (Å²) in [4.78, 5) is 28.0. The SMILES string of the molecule is CC(C)C[C@@](C)(COc1ccc(Br)c2ccccc12)NC(=O)OC(C)(C)C.COC(=O)Nc1cc(-c2ccc(OC[C@@](C)(N)CC(C)C)c3ccccc23)ccn1. The fourth-order valence-electron chi connectivity index (χ4n) is 6.90. The molecule has 306 valence electrons. The number of amides is 2. The minimum absolute atomic E-state index is 0.357. The molecule has 0 fully saturated rings. The first-order valence-electron chi connectivity index (χ1n) is 19.3. The van der Waals surface area contributed by atoms with Crippen molar-refractivity contribution in [3.8, 4) is 22.6 Å². The smallest absolute Gasteiger partial charge is 0.412 e. The van der Waals surface area contributed by atoms with Gasteiger partial charge in [-0.1, -0.05) is 98.2 Å². The van der Waals surface area contributed by atoms with E-state index in [9.17, 15) is 9.59 Å². The number of hydrogen-bond donors (Lipinski definition) is 3. The number of rotatable bonds is 13. The van der Waals surface area contributed by atoms with Gasteiger partial charge in [-0.25, -0.2) is 14.6 Å². The topological polar surface area (TPSA) is 134 Å². The second kappa shape index (κ2) is 19.5. The van der Waals surface area contributed by atoms with Crippen molar-refractivity contribution >= 4 is 55.5 Å². The standard InChI is InChI=1S/C24H29N3O3.C22H30BrNO3/c1-16(2)14-24(3,25)15-30-21-10-9-18(19-7-5-6-8-20(19)21)17-11-12-26-22(13-17)27-23(28)29-4;1-15(2)13-22(6,24-20(25)27-21(3,4)5)14-26-19-12-11-18(23)16-9-7-8-10-17(16)19/h5-13,16H,14-15,25H2,1-4H3,(H,26,27,28);7-12,15H,13-14H2,1-6H3,(H,24,25)/t24-;22-/m00/s1. The van der Waals surface area contributed by atoms with Gasteiger partial charge in [0, 0.05) is 27.0 Å². The molecule has 0 radical (unpaired) electrons. The normalized spacial score (nSPS) is 13.6. The van der Waals surface area contributed by atoms with E-state index in [-0.39, 0.29) is 0 Å². The lowest BCUT2D eigenvalue weighted by Crippen LogP contribution is -2.52. The number of halogens is 1. The number of ether oxygens (including phenoxy) is 4.